The molecule has 2 heterocycles. The monoisotopic (exact) mass is 272 g/mol. The standard InChI is InChI=1S/C14H16N4O2/c1-15-10-5-7-17(9-10)13-2-3-14(18(19)20)11-4-6-16-8-12(11)13/h2-4,6,8,10,15H,5,7,9H2,1H3. The van der Waals surface area contributed by atoms with Crippen molar-refractivity contribution in [1.82, 2.24) is 10.3 Å². The predicted octanol–water partition coefficient (Wildman–Crippen LogP) is 1.94. The minimum Gasteiger partial charge on any atom is -0.369 e. The average molecular weight is 272 g/mol. The van der Waals surface area contributed by atoms with Gasteiger partial charge in [-0.2, -0.15) is 0 Å². The summed E-state index contributed by atoms with van der Waals surface area (Å²) in [6, 6.07) is 5.60. The SMILES string of the molecule is CNC1CCN(c2ccc([N+](=O)[O-])c3ccncc23)C1. The van der Waals surface area contributed by atoms with Gasteiger partial charge in [0.1, 0.15) is 0 Å². The minimum atomic E-state index is -0.341. The first-order chi connectivity index (χ1) is 9.70. The van der Waals surface area contributed by atoms with E-state index in [0.717, 1.165) is 30.6 Å². The molecule has 1 aliphatic rings. The first kappa shape index (κ1) is 12.8. The van der Waals surface area contributed by atoms with Gasteiger partial charge in [-0.3, -0.25) is 15.1 Å². The third-order valence-corrected chi connectivity index (χ3v) is 3.91. The van der Waals surface area contributed by atoms with Crippen LogP contribution in [0.1, 0.15) is 6.42 Å². The van der Waals surface area contributed by atoms with E-state index in [1.54, 1.807) is 24.5 Å². The van der Waals surface area contributed by atoms with Crippen molar-refractivity contribution < 1.29 is 4.92 Å². The van der Waals surface area contributed by atoms with Crippen LogP contribution in [-0.4, -0.2) is 36.1 Å². The van der Waals surface area contributed by atoms with Crippen molar-refractivity contribution in [2.45, 2.75) is 12.5 Å². The van der Waals surface area contributed by atoms with Crippen LogP contribution in [-0.2, 0) is 0 Å². The zero-order valence-corrected chi connectivity index (χ0v) is 11.2. The summed E-state index contributed by atoms with van der Waals surface area (Å²) in [5, 5.41) is 15.9. The maximum atomic E-state index is 11.1. The van der Waals surface area contributed by atoms with Gasteiger partial charge in [0.15, 0.2) is 0 Å². The van der Waals surface area contributed by atoms with E-state index in [0.29, 0.717) is 11.4 Å². The van der Waals surface area contributed by atoms with Crippen molar-refractivity contribution in [1.29, 1.82) is 0 Å². The fraction of sp³-hybridized carbons (Fsp3) is 0.357. The molecule has 6 nitrogen and oxygen atoms in total. The Labute approximate surface area is 116 Å². The van der Waals surface area contributed by atoms with Gasteiger partial charge in [0.2, 0.25) is 0 Å². The summed E-state index contributed by atoms with van der Waals surface area (Å²) in [5.74, 6) is 0. The summed E-state index contributed by atoms with van der Waals surface area (Å²) >= 11 is 0. The number of hydrogen-bond donors (Lipinski definition) is 1. The summed E-state index contributed by atoms with van der Waals surface area (Å²) in [4.78, 5) is 17.1. The number of nitrogens with zero attached hydrogens (tertiary/aromatic N) is 3. The van der Waals surface area contributed by atoms with E-state index in [1.807, 2.05) is 13.1 Å². The minimum absolute atomic E-state index is 0.135. The number of nitrogens with one attached hydrogen (secondary N) is 1. The highest BCUT2D eigenvalue weighted by Gasteiger charge is 2.24. The van der Waals surface area contributed by atoms with Gasteiger partial charge in [-0.25, -0.2) is 0 Å². The smallest absolute Gasteiger partial charge is 0.277 e. The summed E-state index contributed by atoms with van der Waals surface area (Å²) in [6.07, 6.45) is 4.39. The van der Waals surface area contributed by atoms with Crippen LogP contribution >= 0.6 is 0 Å². The largest absolute Gasteiger partial charge is 0.369 e. The van der Waals surface area contributed by atoms with Gasteiger partial charge in [0.05, 0.1) is 10.3 Å². The van der Waals surface area contributed by atoms with Crippen molar-refractivity contribution in [3.63, 3.8) is 0 Å². The molecule has 1 saturated heterocycles. The Morgan fingerprint density at radius 2 is 2.25 bits per heavy atom. The van der Waals surface area contributed by atoms with Crippen LogP contribution in [0.3, 0.4) is 0 Å². The number of non-ortho nitro benzene ring substituents is 1. The van der Waals surface area contributed by atoms with Crippen molar-refractivity contribution in [3.8, 4) is 0 Å². The molecule has 1 aromatic carbocycles. The van der Waals surface area contributed by atoms with Crippen LogP contribution in [0.5, 0.6) is 0 Å². The van der Waals surface area contributed by atoms with Gasteiger partial charge < -0.3 is 10.2 Å². The molecule has 0 amide bonds. The number of pyridine rings is 1. The molecule has 1 aliphatic heterocycles. The maximum Gasteiger partial charge on any atom is 0.277 e. The zero-order chi connectivity index (χ0) is 14.1. The van der Waals surface area contributed by atoms with Gasteiger partial charge in [0.25, 0.3) is 5.69 Å². The molecule has 1 aromatic heterocycles. The Bertz CT molecular complexity index is 659. The number of nitro groups is 1. The topological polar surface area (TPSA) is 71.3 Å². The molecule has 20 heavy (non-hydrogen) atoms. The molecule has 0 radical (unpaired) electrons. The van der Waals surface area contributed by atoms with E-state index in [4.69, 9.17) is 0 Å². The van der Waals surface area contributed by atoms with Crippen LogP contribution < -0.4 is 10.2 Å². The molecule has 0 saturated carbocycles. The number of rotatable bonds is 3. The molecule has 6 heteroatoms. The van der Waals surface area contributed by atoms with Crippen molar-refractivity contribution >= 4 is 22.1 Å². The molecule has 1 fully saturated rings. The molecular formula is C14H16N4O2. The summed E-state index contributed by atoms with van der Waals surface area (Å²) in [7, 11) is 1.96. The number of likely N-dealkylation sites (N-methyl/N-ethyl adjacent to an activating group) is 1. The van der Waals surface area contributed by atoms with Crippen molar-refractivity contribution in [3.05, 3.63) is 40.7 Å². The summed E-state index contributed by atoms with van der Waals surface area (Å²) in [5.41, 5.74) is 1.16. The first-order valence-electron chi connectivity index (χ1n) is 6.64. The van der Waals surface area contributed by atoms with Gasteiger partial charge in [0, 0.05) is 48.7 Å². The molecular weight excluding hydrogens is 256 g/mol. The van der Waals surface area contributed by atoms with E-state index in [2.05, 4.69) is 15.2 Å². The molecule has 0 spiro atoms. The first-order valence-corrected chi connectivity index (χ1v) is 6.64. The van der Waals surface area contributed by atoms with Crippen LogP contribution in [0.25, 0.3) is 10.8 Å². The highest BCUT2D eigenvalue weighted by atomic mass is 16.6. The van der Waals surface area contributed by atoms with Gasteiger partial charge in [-0.05, 0) is 25.6 Å². The third-order valence-electron chi connectivity index (χ3n) is 3.91. The molecule has 1 N–H and O–H groups in total. The molecule has 0 aliphatic carbocycles. The highest BCUT2D eigenvalue weighted by Crippen LogP contribution is 2.34. The lowest BCUT2D eigenvalue weighted by molar-refractivity contribution is -0.383. The van der Waals surface area contributed by atoms with Crippen LogP contribution in [0.15, 0.2) is 30.6 Å². The van der Waals surface area contributed by atoms with E-state index >= 15 is 0 Å². The lowest BCUT2D eigenvalue weighted by Crippen LogP contribution is -2.29. The maximum absolute atomic E-state index is 11.1. The Balaban J connectivity index is 2.09. The molecule has 1 unspecified atom stereocenters. The van der Waals surface area contributed by atoms with E-state index in [-0.39, 0.29) is 10.6 Å². The average Bonchev–Trinajstić information content (AvgIpc) is 2.94. The van der Waals surface area contributed by atoms with Crippen LogP contribution in [0.2, 0.25) is 0 Å². The number of aromatic nitrogens is 1. The Kier molecular flexibility index (Phi) is 3.23. The third kappa shape index (κ3) is 2.08. The quantitative estimate of drug-likeness (QED) is 0.683. The highest BCUT2D eigenvalue weighted by molar-refractivity contribution is 5.99. The normalized spacial score (nSPS) is 18.6. The Morgan fingerprint density at radius 1 is 1.40 bits per heavy atom. The summed E-state index contributed by atoms with van der Waals surface area (Å²) in [6.45, 7) is 1.87. The van der Waals surface area contributed by atoms with Crippen LogP contribution in [0.4, 0.5) is 11.4 Å². The molecule has 104 valence electrons. The van der Waals surface area contributed by atoms with E-state index in [1.165, 1.54) is 0 Å². The number of fused-ring (bicyclic) bond motifs is 1. The molecule has 1 atom stereocenters. The molecule has 2 aromatic rings. The second kappa shape index (κ2) is 5.05. The number of benzene rings is 1. The molecule has 3 rings (SSSR count). The lowest BCUT2D eigenvalue weighted by Gasteiger charge is -2.20. The summed E-state index contributed by atoms with van der Waals surface area (Å²) < 4.78 is 0. The Hall–Kier alpha value is -2.21. The number of anilines is 1. The van der Waals surface area contributed by atoms with Gasteiger partial charge in [-0.15, -0.1) is 0 Å². The molecule has 0 bridgehead atoms. The fourth-order valence-corrected chi connectivity index (χ4v) is 2.81. The Morgan fingerprint density at radius 3 is 2.95 bits per heavy atom. The van der Waals surface area contributed by atoms with Gasteiger partial charge >= 0.3 is 0 Å². The fourth-order valence-electron chi connectivity index (χ4n) is 2.81. The van der Waals surface area contributed by atoms with E-state index in [9.17, 15) is 10.1 Å². The lowest BCUT2D eigenvalue weighted by atomic mass is 10.1. The van der Waals surface area contributed by atoms with Gasteiger partial charge in [-0.1, -0.05) is 0 Å². The van der Waals surface area contributed by atoms with Crippen molar-refractivity contribution in [2.75, 3.05) is 25.0 Å². The number of hydrogen-bond acceptors (Lipinski definition) is 5. The van der Waals surface area contributed by atoms with Crippen LogP contribution in [0, 0.1) is 10.1 Å². The van der Waals surface area contributed by atoms with E-state index < -0.39 is 0 Å². The predicted molar refractivity (Wildman–Crippen MR) is 78.1 cm³/mol. The zero-order valence-electron chi connectivity index (χ0n) is 11.2. The second-order valence-electron chi connectivity index (χ2n) is 5.00. The number of nitro benzene ring substituents is 1. The second-order valence-corrected chi connectivity index (χ2v) is 5.00. The van der Waals surface area contributed by atoms with Crippen molar-refractivity contribution in [2.24, 2.45) is 0 Å².